The molecule has 0 unspecified atom stereocenters. The van der Waals surface area contributed by atoms with Crippen LogP contribution in [0.3, 0.4) is 0 Å². The highest BCUT2D eigenvalue weighted by Crippen LogP contribution is 2.32. The molecule has 1 aliphatic rings. The van der Waals surface area contributed by atoms with Crippen molar-refractivity contribution in [1.82, 2.24) is 15.5 Å². The fourth-order valence-electron chi connectivity index (χ4n) is 3.80. The quantitative estimate of drug-likeness (QED) is 0.424. The summed E-state index contributed by atoms with van der Waals surface area (Å²) in [6, 6.07) is 22.6. The number of carbonyl (C=O) groups is 3. The normalized spacial score (nSPS) is 12.2. The maximum atomic E-state index is 13.3. The first-order valence-electron chi connectivity index (χ1n) is 10.1. The summed E-state index contributed by atoms with van der Waals surface area (Å²) in [7, 11) is 0. The van der Waals surface area contributed by atoms with Gasteiger partial charge >= 0.3 is 0 Å². The van der Waals surface area contributed by atoms with Crippen molar-refractivity contribution in [1.29, 1.82) is 0 Å². The van der Waals surface area contributed by atoms with E-state index in [0.717, 1.165) is 5.56 Å². The molecular weight excluding hydrogens is 420 g/mol. The van der Waals surface area contributed by atoms with Crippen LogP contribution in [0.4, 0.5) is 5.69 Å². The molecule has 5 rings (SSSR count). The Hall–Kier alpha value is -4.85. The van der Waals surface area contributed by atoms with Gasteiger partial charge in [0.1, 0.15) is 5.56 Å². The Morgan fingerprint density at radius 2 is 1.39 bits per heavy atom. The summed E-state index contributed by atoms with van der Waals surface area (Å²) in [6.07, 6.45) is 0. The van der Waals surface area contributed by atoms with Crippen molar-refractivity contribution < 1.29 is 14.4 Å². The van der Waals surface area contributed by atoms with E-state index in [1.165, 1.54) is 18.2 Å². The number of hydrogen-bond donors (Lipinski definition) is 3. The zero-order chi connectivity index (χ0) is 22.9. The number of benzene rings is 3. The van der Waals surface area contributed by atoms with E-state index in [9.17, 15) is 19.2 Å². The highest BCUT2D eigenvalue weighted by Gasteiger charge is 2.28. The molecule has 3 aromatic carbocycles. The molecule has 160 valence electrons. The number of nitrogens with zero attached hydrogens (tertiary/aromatic N) is 1. The van der Waals surface area contributed by atoms with Gasteiger partial charge in [-0.15, -0.1) is 0 Å². The lowest BCUT2D eigenvalue weighted by molar-refractivity contribution is 0.0878. The number of aromatic amines is 1. The SMILES string of the molecule is O=C1NC(=O)c2cc(NC(=O)c3c(-c4ccccc4)c(-c4ccccc4)n[nH]c3=O)ccc21. The molecule has 2 heterocycles. The largest absolute Gasteiger partial charge is 0.322 e. The van der Waals surface area contributed by atoms with Gasteiger partial charge < -0.3 is 5.32 Å². The Labute approximate surface area is 187 Å². The molecule has 0 aliphatic carbocycles. The summed E-state index contributed by atoms with van der Waals surface area (Å²) in [5.41, 5.74) is 2.12. The number of amides is 3. The van der Waals surface area contributed by atoms with Crippen LogP contribution in [0.15, 0.2) is 83.7 Å². The van der Waals surface area contributed by atoms with Crippen LogP contribution in [0.1, 0.15) is 31.1 Å². The van der Waals surface area contributed by atoms with Crippen LogP contribution < -0.4 is 16.2 Å². The van der Waals surface area contributed by atoms with Gasteiger partial charge in [0.2, 0.25) is 0 Å². The van der Waals surface area contributed by atoms with Crippen LogP contribution in [0, 0.1) is 0 Å². The fourth-order valence-corrected chi connectivity index (χ4v) is 3.80. The molecule has 0 spiro atoms. The topological polar surface area (TPSA) is 121 Å². The van der Waals surface area contributed by atoms with E-state index in [0.29, 0.717) is 16.8 Å². The maximum absolute atomic E-state index is 13.3. The van der Waals surface area contributed by atoms with Gasteiger partial charge in [0, 0.05) is 16.8 Å². The third-order valence-corrected chi connectivity index (χ3v) is 5.31. The average Bonchev–Trinajstić information content (AvgIpc) is 3.12. The van der Waals surface area contributed by atoms with Gasteiger partial charge in [0.05, 0.1) is 16.8 Å². The van der Waals surface area contributed by atoms with Gasteiger partial charge in [0.25, 0.3) is 23.3 Å². The Balaban J connectivity index is 1.63. The summed E-state index contributed by atoms with van der Waals surface area (Å²) in [5, 5.41) is 11.5. The van der Waals surface area contributed by atoms with Crippen molar-refractivity contribution in [3.8, 4) is 22.4 Å². The maximum Gasteiger partial charge on any atom is 0.277 e. The molecule has 8 heteroatoms. The Bertz CT molecular complexity index is 1480. The molecule has 4 aromatic rings. The number of carbonyl (C=O) groups excluding carboxylic acids is 3. The minimum absolute atomic E-state index is 0.115. The first kappa shape index (κ1) is 20.1. The molecule has 3 amide bonds. The molecule has 8 nitrogen and oxygen atoms in total. The minimum Gasteiger partial charge on any atom is -0.322 e. The zero-order valence-corrected chi connectivity index (χ0v) is 17.1. The molecule has 3 N–H and O–H groups in total. The van der Waals surface area contributed by atoms with E-state index in [2.05, 4.69) is 20.8 Å². The lowest BCUT2D eigenvalue weighted by atomic mass is 9.95. The number of imide groups is 1. The van der Waals surface area contributed by atoms with Crippen molar-refractivity contribution in [3.63, 3.8) is 0 Å². The third-order valence-electron chi connectivity index (χ3n) is 5.31. The van der Waals surface area contributed by atoms with Gasteiger partial charge in [-0.2, -0.15) is 5.10 Å². The molecular formula is C25H16N4O4. The number of hydrogen-bond acceptors (Lipinski definition) is 5. The molecule has 0 radical (unpaired) electrons. The van der Waals surface area contributed by atoms with E-state index >= 15 is 0 Å². The molecule has 0 atom stereocenters. The Morgan fingerprint density at radius 3 is 2.09 bits per heavy atom. The average molecular weight is 436 g/mol. The predicted molar refractivity (Wildman–Crippen MR) is 122 cm³/mol. The summed E-state index contributed by atoms with van der Waals surface area (Å²) in [6.45, 7) is 0. The summed E-state index contributed by atoms with van der Waals surface area (Å²) in [4.78, 5) is 49.9. The Kier molecular flexibility index (Phi) is 4.87. The van der Waals surface area contributed by atoms with Crippen LogP contribution in [0.5, 0.6) is 0 Å². The first-order chi connectivity index (χ1) is 16.0. The highest BCUT2D eigenvalue weighted by molar-refractivity contribution is 6.22. The van der Waals surface area contributed by atoms with Gasteiger partial charge in [0.15, 0.2) is 0 Å². The van der Waals surface area contributed by atoms with E-state index in [1.807, 2.05) is 48.5 Å². The monoisotopic (exact) mass is 436 g/mol. The number of rotatable bonds is 4. The first-order valence-corrected chi connectivity index (χ1v) is 10.1. The number of nitrogens with one attached hydrogen (secondary N) is 3. The molecule has 33 heavy (non-hydrogen) atoms. The van der Waals surface area contributed by atoms with Crippen molar-refractivity contribution in [2.45, 2.75) is 0 Å². The second kappa shape index (κ2) is 8.01. The van der Waals surface area contributed by atoms with E-state index in [-0.39, 0.29) is 22.4 Å². The van der Waals surface area contributed by atoms with E-state index in [4.69, 9.17) is 0 Å². The van der Waals surface area contributed by atoms with Crippen LogP contribution >= 0.6 is 0 Å². The highest BCUT2D eigenvalue weighted by atomic mass is 16.2. The van der Waals surface area contributed by atoms with Crippen molar-refractivity contribution >= 4 is 23.4 Å². The van der Waals surface area contributed by atoms with Crippen LogP contribution in [-0.2, 0) is 0 Å². The van der Waals surface area contributed by atoms with Crippen LogP contribution in [0.25, 0.3) is 22.4 Å². The number of fused-ring (bicyclic) bond motifs is 1. The summed E-state index contributed by atoms with van der Waals surface area (Å²) < 4.78 is 0. The van der Waals surface area contributed by atoms with Crippen molar-refractivity contribution in [2.75, 3.05) is 5.32 Å². The van der Waals surface area contributed by atoms with Crippen LogP contribution in [-0.4, -0.2) is 27.9 Å². The second-order valence-electron chi connectivity index (χ2n) is 7.38. The minimum atomic E-state index is -0.667. The van der Waals surface area contributed by atoms with Gasteiger partial charge in [-0.25, -0.2) is 5.10 Å². The lowest BCUT2D eigenvalue weighted by Gasteiger charge is -2.14. The van der Waals surface area contributed by atoms with Gasteiger partial charge in [-0.05, 0) is 23.8 Å². The third kappa shape index (κ3) is 3.59. The van der Waals surface area contributed by atoms with E-state index in [1.54, 1.807) is 12.1 Å². The predicted octanol–water partition coefficient (Wildman–Crippen LogP) is 3.24. The molecule has 0 bridgehead atoms. The van der Waals surface area contributed by atoms with Crippen molar-refractivity contribution in [3.05, 3.63) is 106 Å². The number of H-pyrrole nitrogens is 1. The van der Waals surface area contributed by atoms with E-state index < -0.39 is 23.3 Å². The fraction of sp³-hybridized carbons (Fsp3) is 0. The summed E-state index contributed by atoms with van der Waals surface area (Å²) in [5.74, 6) is -1.69. The zero-order valence-electron chi connectivity index (χ0n) is 17.1. The van der Waals surface area contributed by atoms with Gasteiger partial charge in [-0.1, -0.05) is 60.7 Å². The van der Waals surface area contributed by atoms with Crippen molar-refractivity contribution in [2.24, 2.45) is 0 Å². The van der Waals surface area contributed by atoms with Gasteiger partial charge in [-0.3, -0.25) is 24.5 Å². The Morgan fingerprint density at radius 1 is 0.758 bits per heavy atom. The molecule has 1 aliphatic heterocycles. The molecule has 0 saturated carbocycles. The van der Waals surface area contributed by atoms with Crippen LogP contribution in [0.2, 0.25) is 0 Å². The molecule has 0 saturated heterocycles. The number of aromatic nitrogens is 2. The number of anilines is 1. The molecule has 0 fully saturated rings. The second-order valence-corrected chi connectivity index (χ2v) is 7.38. The molecule has 1 aromatic heterocycles. The summed E-state index contributed by atoms with van der Waals surface area (Å²) >= 11 is 0. The standard InChI is InChI=1S/C25H16N4O4/c30-22-17-12-11-16(13-18(17)23(31)27-22)26-24(32)20-19(14-7-3-1-4-8-14)21(28-29-25(20)33)15-9-5-2-6-10-15/h1-13H,(H,26,32)(H,29,33)(H,27,30,31). The lowest BCUT2D eigenvalue weighted by Crippen LogP contribution is -2.26. The smallest absolute Gasteiger partial charge is 0.277 e.